The van der Waals surface area contributed by atoms with Gasteiger partial charge in [0, 0.05) is 10.8 Å². The van der Waals surface area contributed by atoms with E-state index >= 15 is 0 Å². The third-order valence-electron chi connectivity index (χ3n) is 8.57. The van der Waals surface area contributed by atoms with Gasteiger partial charge in [-0.15, -0.1) is 0 Å². The van der Waals surface area contributed by atoms with E-state index in [0.29, 0.717) is 0 Å². The van der Waals surface area contributed by atoms with Crippen LogP contribution < -0.4 is 0 Å². The summed E-state index contributed by atoms with van der Waals surface area (Å²) in [7, 11) is 0. The second-order valence-corrected chi connectivity index (χ2v) is 11.3. The van der Waals surface area contributed by atoms with E-state index in [1.807, 2.05) is 0 Å². The Morgan fingerprint density at radius 3 is 1.65 bits per heavy atom. The van der Waals surface area contributed by atoms with Crippen molar-refractivity contribution in [2.75, 3.05) is 0 Å². The molecule has 0 saturated carbocycles. The van der Waals surface area contributed by atoms with E-state index in [9.17, 15) is 17.8 Å². The van der Waals surface area contributed by atoms with Gasteiger partial charge >= 0.3 is 0 Å². The molecule has 0 amide bonds. The van der Waals surface area contributed by atoms with Crippen LogP contribution in [0.2, 0.25) is 0 Å². The molecule has 0 bridgehead atoms. The van der Waals surface area contributed by atoms with Crippen LogP contribution in [-0.4, -0.2) is 0 Å². The first kappa shape index (κ1) is 11.7. The van der Waals surface area contributed by atoms with Gasteiger partial charge in [0.1, 0.15) is 11.2 Å². The zero-order valence-corrected chi connectivity index (χ0v) is 25.4. The third-order valence-corrected chi connectivity index (χ3v) is 8.57. The molecule has 0 atom stereocenters. The zero-order chi connectivity index (χ0) is 59.6. The Morgan fingerprint density at radius 1 is 0.314 bits per heavy atom. The fourth-order valence-corrected chi connectivity index (χ4v) is 6.45. The van der Waals surface area contributed by atoms with Crippen molar-refractivity contribution in [1.29, 1.82) is 0 Å². The largest absolute Gasteiger partial charge is 0.456 e. The fourth-order valence-electron chi connectivity index (χ4n) is 6.45. The van der Waals surface area contributed by atoms with Crippen LogP contribution in [0.25, 0.3) is 109 Å². The van der Waals surface area contributed by atoms with E-state index in [4.69, 9.17) is 27.7 Å². The standard InChI is InChI=1S/C50H30O/c1-2-13-33-29-36(24-23-31(33)11-1)47-41-16-5-7-18-43(41)48(44-19-8-6-17-42(44)47)40-21-9-14-34-30-35(25-27-37(34)40)39-20-10-22-45-50(39)49-38-15-4-3-12-32(38)26-28-46(49)51-45/h1-30H/i1D,2D,3D,4D,5D,6D,7D,8D,9D,10D,11D,12D,13D,14D,15D,16D,17D,18D,19D,20D,21D,22D,23D,24D,25D,26D,27D,28D,29D,30D. The molecule has 0 aliphatic heterocycles. The summed E-state index contributed by atoms with van der Waals surface area (Å²) in [6.45, 7) is 0. The van der Waals surface area contributed by atoms with Crippen molar-refractivity contribution in [1.82, 2.24) is 0 Å². The summed E-state index contributed by atoms with van der Waals surface area (Å²) in [5.74, 6) is 0. The van der Waals surface area contributed by atoms with E-state index in [-0.39, 0.29) is 0 Å². The predicted molar refractivity (Wildman–Crippen MR) is 218 cm³/mol. The van der Waals surface area contributed by atoms with Gasteiger partial charge in [0.25, 0.3) is 0 Å². The van der Waals surface area contributed by atoms with E-state index < -0.39 is 290 Å². The Morgan fingerprint density at radius 2 is 0.863 bits per heavy atom. The summed E-state index contributed by atoms with van der Waals surface area (Å²) in [4.78, 5) is 0. The maximum atomic E-state index is 9.92. The highest BCUT2D eigenvalue weighted by Gasteiger charge is 2.19. The Hall–Kier alpha value is -6.70. The first-order valence-electron chi connectivity index (χ1n) is 30.2. The Bertz CT molecular complexity index is 4850. The molecule has 0 unspecified atom stereocenters. The van der Waals surface area contributed by atoms with Crippen molar-refractivity contribution < 1.29 is 45.5 Å². The van der Waals surface area contributed by atoms with Gasteiger partial charge in [-0.2, -0.15) is 0 Å². The van der Waals surface area contributed by atoms with Crippen LogP contribution in [0.1, 0.15) is 41.1 Å². The molecule has 0 spiro atoms. The van der Waals surface area contributed by atoms with Crippen molar-refractivity contribution in [2.24, 2.45) is 0 Å². The highest BCUT2D eigenvalue weighted by atomic mass is 16.3. The molecular formula is C50H30O. The lowest BCUT2D eigenvalue weighted by Gasteiger charge is -2.19. The maximum absolute atomic E-state index is 9.92. The molecule has 11 aromatic rings. The van der Waals surface area contributed by atoms with Gasteiger partial charge in [-0.25, -0.2) is 0 Å². The summed E-state index contributed by atoms with van der Waals surface area (Å²) in [6, 6.07) is -28.3. The van der Waals surface area contributed by atoms with Crippen LogP contribution in [0.5, 0.6) is 0 Å². The van der Waals surface area contributed by atoms with Gasteiger partial charge in [0.15, 0.2) is 0 Å². The molecular weight excluding hydrogens is 617 g/mol. The summed E-state index contributed by atoms with van der Waals surface area (Å²) >= 11 is 0. The molecule has 51 heavy (non-hydrogen) atoms. The smallest absolute Gasteiger partial charge is 0.136 e. The number of furan rings is 1. The lowest BCUT2D eigenvalue weighted by atomic mass is 9.84. The Balaban J connectivity index is 1.41. The molecule has 1 nitrogen and oxygen atoms in total. The summed E-state index contributed by atoms with van der Waals surface area (Å²) in [5, 5.41) is -7.90. The van der Waals surface area contributed by atoms with E-state index in [1.165, 1.54) is 0 Å². The molecule has 236 valence electrons. The topological polar surface area (TPSA) is 13.1 Å². The quantitative estimate of drug-likeness (QED) is 0.170. The first-order valence-corrected chi connectivity index (χ1v) is 15.2. The van der Waals surface area contributed by atoms with Gasteiger partial charge in [-0.05, 0) is 111 Å². The Labute approximate surface area is 336 Å². The normalized spacial score (nSPS) is 20.2. The minimum absolute atomic E-state index is 0.429. The third kappa shape index (κ3) is 4.22. The second-order valence-electron chi connectivity index (χ2n) is 11.3. The van der Waals surface area contributed by atoms with E-state index in [2.05, 4.69) is 0 Å². The van der Waals surface area contributed by atoms with Gasteiger partial charge in [-0.1, -0.05) is 157 Å². The molecule has 1 aromatic heterocycles. The number of rotatable bonds is 3. The zero-order valence-electron chi connectivity index (χ0n) is 55.4. The molecule has 0 N–H and O–H groups in total. The van der Waals surface area contributed by atoms with Gasteiger partial charge in [0.05, 0.1) is 41.1 Å². The monoisotopic (exact) mass is 676 g/mol. The molecule has 0 fully saturated rings. The predicted octanol–water partition coefficient (Wildman–Crippen LogP) is 14.4. The highest BCUT2D eigenvalue weighted by Crippen LogP contribution is 2.46. The summed E-state index contributed by atoms with van der Waals surface area (Å²) in [5.41, 5.74) is -5.91. The first-order chi connectivity index (χ1) is 37.8. The van der Waals surface area contributed by atoms with Gasteiger partial charge in [-0.3, -0.25) is 0 Å². The van der Waals surface area contributed by atoms with Crippen molar-refractivity contribution in [3.8, 4) is 33.4 Å². The molecule has 0 radical (unpaired) electrons. The van der Waals surface area contributed by atoms with Crippen LogP contribution in [0.4, 0.5) is 0 Å². The fraction of sp³-hybridized carbons (Fsp3) is 0. The van der Waals surface area contributed by atoms with Crippen molar-refractivity contribution in [2.45, 2.75) is 0 Å². The minimum atomic E-state index is -1.10. The molecule has 1 heteroatoms. The lowest BCUT2D eigenvalue weighted by Crippen LogP contribution is -1.92. The lowest BCUT2D eigenvalue weighted by molar-refractivity contribution is 0.669. The van der Waals surface area contributed by atoms with Gasteiger partial charge < -0.3 is 4.42 Å². The van der Waals surface area contributed by atoms with Crippen molar-refractivity contribution in [3.63, 3.8) is 0 Å². The number of benzene rings is 10. The molecule has 0 aliphatic carbocycles. The van der Waals surface area contributed by atoms with Crippen LogP contribution in [0.3, 0.4) is 0 Å². The molecule has 1 heterocycles. The molecule has 10 aromatic carbocycles. The molecule has 11 rings (SSSR count). The molecule has 0 saturated heterocycles. The van der Waals surface area contributed by atoms with Crippen molar-refractivity contribution in [3.05, 3.63) is 181 Å². The minimum Gasteiger partial charge on any atom is -0.456 e. The Kier molecular flexibility index (Phi) is 2.50. The average Bonchev–Trinajstić information content (AvgIpc) is 4.09. The highest BCUT2D eigenvalue weighted by molar-refractivity contribution is 6.25. The summed E-state index contributed by atoms with van der Waals surface area (Å²) in [6.07, 6.45) is 0. The van der Waals surface area contributed by atoms with Gasteiger partial charge in [0.2, 0.25) is 0 Å². The SMILES string of the molecule is [2H]c1c([2H])c(-c2c([2H])c([2H])c3c(-c4c5c([2H])c([2H])c([2H])c([2H])c5c(-c5c([2H])c([2H])c6c([2H])c([2H])c([2H])c([2H])c6c5[2H])c5c([2H])c([2H])c([2H])c([2H])c45)c([2H])c([2H])c([2H])c3c2[2H])c2c(oc3c([2H])c([2H])c4c([2H])c([2H])c([2H])c([2H])c4c32)c1[2H]. The van der Waals surface area contributed by atoms with E-state index in [1.54, 1.807) is 0 Å². The average molecular weight is 677 g/mol. The number of hydrogen-bond acceptors (Lipinski definition) is 1. The van der Waals surface area contributed by atoms with E-state index in [0.717, 1.165) is 0 Å². The molecule has 0 aliphatic rings. The van der Waals surface area contributed by atoms with Crippen molar-refractivity contribution >= 4 is 75.8 Å². The van der Waals surface area contributed by atoms with Crippen LogP contribution in [0, 0.1) is 0 Å². The second kappa shape index (κ2) is 10.9. The van der Waals surface area contributed by atoms with Crippen LogP contribution in [-0.2, 0) is 0 Å². The summed E-state index contributed by atoms with van der Waals surface area (Å²) < 4.78 is 279. The van der Waals surface area contributed by atoms with Crippen LogP contribution in [0.15, 0.2) is 186 Å². The van der Waals surface area contributed by atoms with Crippen LogP contribution >= 0.6 is 0 Å². The number of fused-ring (bicyclic) bond motifs is 9. The number of hydrogen-bond donors (Lipinski definition) is 0. The maximum Gasteiger partial charge on any atom is 0.136 e.